The molecule has 1 aliphatic heterocycles. The van der Waals surface area contributed by atoms with Crippen LogP contribution in [0.4, 0.5) is 0 Å². The molecule has 0 unspecified atom stereocenters. The van der Waals surface area contributed by atoms with Crippen LogP contribution in [-0.2, 0) is 0 Å². The standard InChI is InChI=1S/C7H15NS/c1-3-7-5-8-4-6(2)9-7/h6-8H,3-5H2,1-2H3/t6-,7-/m1/s1. The van der Waals surface area contributed by atoms with E-state index in [0.29, 0.717) is 0 Å². The van der Waals surface area contributed by atoms with E-state index in [2.05, 4.69) is 30.9 Å². The van der Waals surface area contributed by atoms with Crippen molar-refractivity contribution in [1.82, 2.24) is 5.32 Å². The molecule has 0 saturated carbocycles. The molecule has 1 heterocycles. The van der Waals surface area contributed by atoms with E-state index in [4.69, 9.17) is 0 Å². The molecular formula is C7H15NS. The van der Waals surface area contributed by atoms with Crippen molar-refractivity contribution < 1.29 is 0 Å². The van der Waals surface area contributed by atoms with Gasteiger partial charge in [0, 0.05) is 23.6 Å². The van der Waals surface area contributed by atoms with Crippen molar-refractivity contribution in [2.24, 2.45) is 0 Å². The van der Waals surface area contributed by atoms with E-state index >= 15 is 0 Å². The maximum absolute atomic E-state index is 3.41. The number of thioether (sulfide) groups is 1. The minimum absolute atomic E-state index is 0.823. The zero-order valence-corrected chi connectivity index (χ0v) is 7.00. The molecule has 2 heteroatoms. The number of rotatable bonds is 1. The lowest BCUT2D eigenvalue weighted by Gasteiger charge is -2.26. The lowest BCUT2D eigenvalue weighted by atomic mass is 10.3. The van der Waals surface area contributed by atoms with Crippen molar-refractivity contribution >= 4 is 11.8 Å². The summed E-state index contributed by atoms with van der Waals surface area (Å²) in [6.07, 6.45) is 1.31. The maximum atomic E-state index is 3.41. The fraction of sp³-hybridized carbons (Fsp3) is 1.00. The fourth-order valence-electron chi connectivity index (χ4n) is 1.11. The number of nitrogens with one attached hydrogen (secondary N) is 1. The Morgan fingerprint density at radius 2 is 2.33 bits per heavy atom. The first-order chi connectivity index (χ1) is 4.33. The monoisotopic (exact) mass is 145 g/mol. The molecule has 2 atom stereocenters. The van der Waals surface area contributed by atoms with Crippen molar-refractivity contribution in [2.45, 2.75) is 30.8 Å². The molecule has 0 aliphatic carbocycles. The highest BCUT2D eigenvalue weighted by molar-refractivity contribution is 8.00. The summed E-state index contributed by atoms with van der Waals surface area (Å²) < 4.78 is 0. The number of hydrogen-bond donors (Lipinski definition) is 1. The lowest BCUT2D eigenvalue weighted by Crippen LogP contribution is -2.36. The Bertz CT molecular complexity index is 85.0. The third-order valence-electron chi connectivity index (χ3n) is 1.68. The molecule has 1 nitrogen and oxygen atoms in total. The summed E-state index contributed by atoms with van der Waals surface area (Å²) in [5, 5.41) is 5.11. The SMILES string of the molecule is CC[C@@H]1CNC[C@@H](C)S1. The van der Waals surface area contributed by atoms with Gasteiger partial charge in [0.1, 0.15) is 0 Å². The average molecular weight is 145 g/mol. The van der Waals surface area contributed by atoms with Gasteiger partial charge in [-0.15, -0.1) is 0 Å². The van der Waals surface area contributed by atoms with Gasteiger partial charge in [-0.05, 0) is 6.42 Å². The van der Waals surface area contributed by atoms with Crippen molar-refractivity contribution in [2.75, 3.05) is 13.1 Å². The van der Waals surface area contributed by atoms with Crippen LogP contribution in [0.1, 0.15) is 20.3 Å². The van der Waals surface area contributed by atoms with Gasteiger partial charge in [-0.3, -0.25) is 0 Å². The van der Waals surface area contributed by atoms with Gasteiger partial charge in [0.25, 0.3) is 0 Å². The summed E-state index contributed by atoms with van der Waals surface area (Å²) in [6.45, 7) is 6.96. The summed E-state index contributed by atoms with van der Waals surface area (Å²) in [5.74, 6) is 0. The Morgan fingerprint density at radius 1 is 1.56 bits per heavy atom. The molecule has 1 N–H and O–H groups in total. The van der Waals surface area contributed by atoms with Gasteiger partial charge in [0.15, 0.2) is 0 Å². The summed E-state index contributed by atoms with van der Waals surface area (Å²) in [5.41, 5.74) is 0. The minimum atomic E-state index is 0.823. The molecule has 9 heavy (non-hydrogen) atoms. The largest absolute Gasteiger partial charge is 0.315 e. The highest BCUT2D eigenvalue weighted by Gasteiger charge is 2.16. The van der Waals surface area contributed by atoms with E-state index in [1.54, 1.807) is 0 Å². The molecule has 1 fully saturated rings. The third-order valence-corrected chi connectivity index (χ3v) is 3.20. The predicted molar refractivity (Wildman–Crippen MR) is 44.0 cm³/mol. The Balaban J connectivity index is 2.23. The molecule has 0 amide bonds. The van der Waals surface area contributed by atoms with E-state index in [-0.39, 0.29) is 0 Å². The van der Waals surface area contributed by atoms with Gasteiger partial charge in [0.2, 0.25) is 0 Å². The van der Waals surface area contributed by atoms with Gasteiger partial charge in [-0.1, -0.05) is 13.8 Å². The summed E-state index contributed by atoms with van der Waals surface area (Å²) in [4.78, 5) is 0. The molecule has 54 valence electrons. The van der Waals surface area contributed by atoms with Crippen LogP contribution in [0.25, 0.3) is 0 Å². The average Bonchev–Trinajstić information content (AvgIpc) is 1.88. The predicted octanol–water partition coefficient (Wildman–Crippen LogP) is 1.49. The molecule has 0 aromatic carbocycles. The second-order valence-corrected chi connectivity index (χ2v) is 4.38. The van der Waals surface area contributed by atoms with Crippen molar-refractivity contribution in [3.63, 3.8) is 0 Å². The molecule has 0 aromatic rings. The van der Waals surface area contributed by atoms with E-state index in [1.807, 2.05) is 0 Å². The first kappa shape index (κ1) is 7.42. The van der Waals surface area contributed by atoms with E-state index < -0.39 is 0 Å². The van der Waals surface area contributed by atoms with Gasteiger partial charge in [-0.25, -0.2) is 0 Å². The summed E-state index contributed by atoms with van der Waals surface area (Å²) >= 11 is 2.12. The van der Waals surface area contributed by atoms with Crippen LogP contribution < -0.4 is 5.32 Å². The van der Waals surface area contributed by atoms with Crippen LogP contribution in [-0.4, -0.2) is 23.6 Å². The Hall–Kier alpha value is 0.310. The van der Waals surface area contributed by atoms with Crippen molar-refractivity contribution in [3.05, 3.63) is 0 Å². The summed E-state index contributed by atoms with van der Waals surface area (Å²) in [7, 11) is 0. The van der Waals surface area contributed by atoms with Crippen molar-refractivity contribution in [3.8, 4) is 0 Å². The van der Waals surface area contributed by atoms with Gasteiger partial charge in [0.05, 0.1) is 0 Å². The van der Waals surface area contributed by atoms with Crippen LogP contribution in [0.5, 0.6) is 0 Å². The van der Waals surface area contributed by atoms with E-state index in [0.717, 1.165) is 10.5 Å². The third kappa shape index (κ3) is 2.18. The lowest BCUT2D eigenvalue weighted by molar-refractivity contribution is 0.620. The van der Waals surface area contributed by atoms with E-state index in [1.165, 1.54) is 19.5 Å². The molecule has 1 rings (SSSR count). The van der Waals surface area contributed by atoms with E-state index in [9.17, 15) is 0 Å². The van der Waals surface area contributed by atoms with Crippen LogP contribution in [0.15, 0.2) is 0 Å². The molecular weight excluding hydrogens is 130 g/mol. The number of hydrogen-bond acceptors (Lipinski definition) is 2. The summed E-state index contributed by atoms with van der Waals surface area (Å²) in [6, 6.07) is 0. The first-order valence-corrected chi connectivity index (χ1v) is 4.63. The molecule has 0 aromatic heterocycles. The second kappa shape index (κ2) is 3.47. The van der Waals surface area contributed by atoms with Crippen LogP contribution in [0.2, 0.25) is 0 Å². The molecule has 0 radical (unpaired) electrons. The fourth-order valence-corrected chi connectivity index (χ4v) is 2.39. The normalized spacial score (nSPS) is 36.7. The highest BCUT2D eigenvalue weighted by atomic mass is 32.2. The molecule has 0 bridgehead atoms. The molecule has 1 aliphatic rings. The second-order valence-electron chi connectivity index (χ2n) is 2.64. The Kier molecular flexibility index (Phi) is 2.86. The molecule has 0 spiro atoms. The van der Waals surface area contributed by atoms with Crippen molar-refractivity contribution in [1.29, 1.82) is 0 Å². The maximum Gasteiger partial charge on any atom is 0.0173 e. The Morgan fingerprint density at radius 3 is 2.78 bits per heavy atom. The van der Waals surface area contributed by atoms with Crippen LogP contribution >= 0.6 is 11.8 Å². The van der Waals surface area contributed by atoms with Gasteiger partial charge < -0.3 is 5.32 Å². The Labute approximate surface area is 61.6 Å². The van der Waals surface area contributed by atoms with Crippen LogP contribution in [0.3, 0.4) is 0 Å². The zero-order chi connectivity index (χ0) is 6.69. The highest BCUT2D eigenvalue weighted by Crippen LogP contribution is 2.22. The quantitative estimate of drug-likeness (QED) is 0.600. The van der Waals surface area contributed by atoms with Gasteiger partial charge in [-0.2, -0.15) is 11.8 Å². The van der Waals surface area contributed by atoms with Crippen LogP contribution in [0, 0.1) is 0 Å². The zero-order valence-electron chi connectivity index (χ0n) is 6.18. The minimum Gasteiger partial charge on any atom is -0.315 e. The smallest absolute Gasteiger partial charge is 0.0173 e. The first-order valence-electron chi connectivity index (χ1n) is 3.69. The molecule has 1 saturated heterocycles. The topological polar surface area (TPSA) is 12.0 Å². The van der Waals surface area contributed by atoms with Gasteiger partial charge >= 0.3 is 0 Å².